The number of carbonyl (C=O) groups is 1. The lowest BCUT2D eigenvalue weighted by Crippen LogP contribution is -2.41. The van der Waals surface area contributed by atoms with Crippen LogP contribution in [-0.4, -0.2) is 46.8 Å². The molecule has 0 spiro atoms. The van der Waals surface area contributed by atoms with E-state index in [1.165, 1.54) is 0 Å². The molecule has 1 amide bonds. The molecule has 18 heavy (non-hydrogen) atoms. The van der Waals surface area contributed by atoms with E-state index >= 15 is 0 Å². The molecule has 1 aliphatic rings. The maximum absolute atomic E-state index is 12.2. The van der Waals surface area contributed by atoms with Crippen molar-refractivity contribution in [3.8, 4) is 0 Å². The predicted octanol–water partition coefficient (Wildman–Crippen LogP) is 0.0116. The molecule has 0 bridgehead atoms. The zero-order valence-corrected chi connectivity index (χ0v) is 10.5. The third-order valence-corrected chi connectivity index (χ3v) is 3.19. The molecule has 0 aromatic carbocycles. The number of likely N-dealkylation sites (N-methyl/N-ethyl adjacent to an activating group) is 1. The van der Waals surface area contributed by atoms with Gasteiger partial charge in [-0.05, 0) is 25.5 Å². The van der Waals surface area contributed by atoms with Gasteiger partial charge in [-0.2, -0.15) is 0 Å². The maximum Gasteiger partial charge on any atom is 0.274 e. The monoisotopic (exact) mass is 251 g/mol. The lowest BCUT2D eigenvalue weighted by Gasteiger charge is -2.26. The molecule has 7 nitrogen and oxygen atoms in total. The van der Waals surface area contributed by atoms with Crippen molar-refractivity contribution >= 4 is 11.7 Å². The van der Waals surface area contributed by atoms with Crippen molar-refractivity contribution in [3.63, 3.8) is 0 Å². The van der Waals surface area contributed by atoms with E-state index < -0.39 is 0 Å². The number of carbonyl (C=O) groups excluding carboxylic acids is 1. The summed E-state index contributed by atoms with van der Waals surface area (Å²) in [6, 6.07) is 3.30. The van der Waals surface area contributed by atoms with E-state index in [0.29, 0.717) is 18.1 Å². The lowest BCUT2D eigenvalue weighted by molar-refractivity contribution is 0.0569. The Morgan fingerprint density at radius 1 is 1.56 bits per heavy atom. The molecule has 2 atom stereocenters. The number of nitrogens with zero attached hydrogens (tertiary/aromatic N) is 3. The number of hydrogen-bond acceptors (Lipinski definition) is 6. The zero-order valence-electron chi connectivity index (χ0n) is 10.5. The molecule has 2 heterocycles. The van der Waals surface area contributed by atoms with E-state index in [0.717, 1.165) is 6.42 Å². The Morgan fingerprint density at radius 3 is 2.83 bits per heavy atom. The van der Waals surface area contributed by atoms with Crippen molar-refractivity contribution in [2.45, 2.75) is 25.5 Å². The fourth-order valence-corrected chi connectivity index (χ4v) is 2.08. The number of nitrogen functional groups attached to an aromatic ring is 1. The topological polar surface area (TPSA) is 93.4 Å². The first-order chi connectivity index (χ1) is 8.63. The van der Waals surface area contributed by atoms with E-state index in [1.54, 1.807) is 24.1 Å². The van der Waals surface area contributed by atoms with Crippen LogP contribution in [0.5, 0.6) is 0 Å². The summed E-state index contributed by atoms with van der Waals surface area (Å²) in [6.07, 6.45) is 0.899. The average Bonchev–Trinajstić information content (AvgIpc) is 2.83. The van der Waals surface area contributed by atoms with Crippen LogP contribution in [0.15, 0.2) is 12.1 Å². The normalized spacial score (nSPS) is 22.8. The minimum Gasteiger partial charge on any atom is -0.376 e. The summed E-state index contributed by atoms with van der Waals surface area (Å²) < 4.78 is 5.45. The van der Waals surface area contributed by atoms with Gasteiger partial charge in [0.05, 0.1) is 12.1 Å². The Labute approximate surface area is 105 Å². The molecule has 1 aromatic rings. The molecule has 1 fully saturated rings. The van der Waals surface area contributed by atoms with Crippen molar-refractivity contribution < 1.29 is 9.53 Å². The molecule has 1 saturated heterocycles. The summed E-state index contributed by atoms with van der Waals surface area (Å²) in [5, 5.41) is 7.62. The van der Waals surface area contributed by atoms with Gasteiger partial charge < -0.3 is 15.1 Å². The molecule has 7 heteroatoms. The molecule has 0 aliphatic carbocycles. The van der Waals surface area contributed by atoms with E-state index in [4.69, 9.17) is 10.6 Å². The molecule has 2 unspecified atom stereocenters. The molecule has 98 valence electrons. The van der Waals surface area contributed by atoms with Crippen LogP contribution in [0.1, 0.15) is 23.8 Å². The zero-order chi connectivity index (χ0) is 13.1. The second-order valence-corrected chi connectivity index (χ2v) is 4.30. The Kier molecular flexibility index (Phi) is 3.73. The van der Waals surface area contributed by atoms with E-state index in [9.17, 15) is 4.79 Å². The number of amides is 1. The van der Waals surface area contributed by atoms with Crippen LogP contribution in [0.2, 0.25) is 0 Å². The highest BCUT2D eigenvalue weighted by molar-refractivity contribution is 5.92. The van der Waals surface area contributed by atoms with Gasteiger partial charge >= 0.3 is 0 Å². The van der Waals surface area contributed by atoms with Gasteiger partial charge in [0, 0.05) is 13.7 Å². The first-order valence-electron chi connectivity index (χ1n) is 5.82. The summed E-state index contributed by atoms with van der Waals surface area (Å²) in [4.78, 5) is 13.9. The molecule has 2 rings (SSSR count). The van der Waals surface area contributed by atoms with Crippen molar-refractivity contribution in [1.29, 1.82) is 0 Å². The van der Waals surface area contributed by atoms with Crippen molar-refractivity contribution in [3.05, 3.63) is 17.8 Å². The fourth-order valence-electron chi connectivity index (χ4n) is 2.08. The molecular weight excluding hydrogens is 234 g/mol. The van der Waals surface area contributed by atoms with Gasteiger partial charge in [0.25, 0.3) is 5.91 Å². The third kappa shape index (κ3) is 2.41. The Bertz CT molecular complexity index is 422. The quantitative estimate of drug-likeness (QED) is 0.580. The van der Waals surface area contributed by atoms with Gasteiger partial charge in [-0.25, -0.2) is 5.84 Å². The summed E-state index contributed by atoms with van der Waals surface area (Å²) in [7, 11) is 1.76. The van der Waals surface area contributed by atoms with Gasteiger partial charge in [-0.3, -0.25) is 4.79 Å². The average molecular weight is 251 g/mol. The molecule has 3 N–H and O–H groups in total. The maximum atomic E-state index is 12.2. The van der Waals surface area contributed by atoms with Crippen LogP contribution in [0.25, 0.3) is 0 Å². The minimum absolute atomic E-state index is 0.0527. The highest BCUT2D eigenvalue weighted by Gasteiger charge is 2.31. The van der Waals surface area contributed by atoms with Crippen LogP contribution in [0.3, 0.4) is 0 Å². The first-order valence-corrected chi connectivity index (χ1v) is 5.82. The molecule has 1 aliphatic heterocycles. The van der Waals surface area contributed by atoms with Crippen LogP contribution in [0.4, 0.5) is 5.82 Å². The van der Waals surface area contributed by atoms with Gasteiger partial charge in [-0.1, -0.05) is 0 Å². The number of nitrogens with one attached hydrogen (secondary N) is 1. The fraction of sp³-hybridized carbons (Fsp3) is 0.545. The van der Waals surface area contributed by atoms with Gasteiger partial charge in [0.2, 0.25) is 0 Å². The standard InChI is InChI=1S/C11H17N5O2/c1-7-9(5-6-18-7)16(2)11(17)8-3-4-10(13-12)15-14-8/h3-4,7,9H,5-6,12H2,1-2H3,(H,13,15). The number of hydrogen-bond donors (Lipinski definition) is 2. The summed E-state index contributed by atoms with van der Waals surface area (Å²) in [5.74, 6) is 5.45. The Hall–Kier alpha value is -1.73. The number of rotatable bonds is 3. The summed E-state index contributed by atoms with van der Waals surface area (Å²) in [6.45, 7) is 2.65. The minimum atomic E-state index is -0.159. The van der Waals surface area contributed by atoms with Crippen molar-refractivity contribution in [2.75, 3.05) is 19.1 Å². The van der Waals surface area contributed by atoms with Gasteiger partial charge in [-0.15, -0.1) is 10.2 Å². The molecule has 1 aromatic heterocycles. The first kappa shape index (κ1) is 12.7. The van der Waals surface area contributed by atoms with Crippen molar-refractivity contribution in [2.24, 2.45) is 5.84 Å². The second-order valence-electron chi connectivity index (χ2n) is 4.30. The van der Waals surface area contributed by atoms with Crippen LogP contribution in [-0.2, 0) is 4.74 Å². The highest BCUT2D eigenvalue weighted by atomic mass is 16.5. The largest absolute Gasteiger partial charge is 0.376 e. The Morgan fingerprint density at radius 2 is 2.33 bits per heavy atom. The molecule has 0 radical (unpaired) electrons. The Balaban J connectivity index is 2.09. The van der Waals surface area contributed by atoms with Gasteiger partial charge in [0.15, 0.2) is 11.5 Å². The van der Waals surface area contributed by atoms with Crippen LogP contribution >= 0.6 is 0 Å². The number of ether oxygens (including phenoxy) is 1. The predicted molar refractivity (Wildman–Crippen MR) is 65.8 cm³/mol. The van der Waals surface area contributed by atoms with Gasteiger partial charge in [0.1, 0.15) is 0 Å². The van der Waals surface area contributed by atoms with Crippen LogP contribution < -0.4 is 11.3 Å². The van der Waals surface area contributed by atoms with Crippen LogP contribution in [0, 0.1) is 0 Å². The number of anilines is 1. The number of hydrazine groups is 1. The number of nitrogens with two attached hydrogens (primary N) is 1. The van der Waals surface area contributed by atoms with E-state index in [1.807, 2.05) is 6.92 Å². The van der Waals surface area contributed by atoms with E-state index in [-0.39, 0.29) is 18.1 Å². The summed E-state index contributed by atoms with van der Waals surface area (Å²) in [5.41, 5.74) is 2.67. The molecular formula is C11H17N5O2. The highest BCUT2D eigenvalue weighted by Crippen LogP contribution is 2.19. The van der Waals surface area contributed by atoms with Crippen molar-refractivity contribution in [1.82, 2.24) is 15.1 Å². The second kappa shape index (κ2) is 5.28. The number of aromatic nitrogens is 2. The van der Waals surface area contributed by atoms with E-state index in [2.05, 4.69) is 15.6 Å². The third-order valence-electron chi connectivity index (χ3n) is 3.19. The summed E-state index contributed by atoms with van der Waals surface area (Å²) >= 11 is 0. The molecule has 0 saturated carbocycles. The SMILES string of the molecule is CC1OCCC1N(C)C(=O)c1ccc(NN)nn1. The lowest BCUT2D eigenvalue weighted by atomic mass is 10.1. The smallest absolute Gasteiger partial charge is 0.274 e.